The Kier molecular flexibility index (Phi) is 3.72. The van der Waals surface area contributed by atoms with Crippen LogP contribution in [0.25, 0.3) is 0 Å². The van der Waals surface area contributed by atoms with Crippen molar-refractivity contribution >= 4 is 18.2 Å². The summed E-state index contributed by atoms with van der Waals surface area (Å²) in [5.41, 5.74) is 7.32. The fourth-order valence-corrected chi connectivity index (χ4v) is 1.66. The highest BCUT2D eigenvalue weighted by atomic mass is 35.5. The molecule has 0 fully saturated rings. The molecule has 0 bridgehead atoms. The Balaban J connectivity index is 0.00000112. The molecule has 0 saturated carbocycles. The van der Waals surface area contributed by atoms with Crippen molar-refractivity contribution in [1.82, 2.24) is 0 Å². The zero-order chi connectivity index (χ0) is 10.1. The molecule has 1 heterocycles. The smallest absolute Gasteiger partial charge is 0.183 e. The lowest BCUT2D eigenvalue weighted by Crippen LogP contribution is -2.30. The Hall–Kier alpha value is -1.06. The maximum atomic E-state index is 11.8. The van der Waals surface area contributed by atoms with Crippen LogP contribution in [-0.2, 0) is 0 Å². The summed E-state index contributed by atoms with van der Waals surface area (Å²) in [5, 5.41) is 0. The van der Waals surface area contributed by atoms with E-state index in [4.69, 9.17) is 10.5 Å². The van der Waals surface area contributed by atoms with Gasteiger partial charge in [0.05, 0.1) is 18.2 Å². The predicted octanol–water partition coefficient (Wildman–Crippen LogP) is 1.71. The van der Waals surface area contributed by atoms with Crippen molar-refractivity contribution in [2.45, 2.75) is 19.4 Å². The SMILES string of the molecule is Cc1cccc2c1OCCC(N)C2=O.Cl. The molecule has 4 heteroatoms. The number of halogens is 1. The van der Waals surface area contributed by atoms with Crippen LogP contribution in [0.5, 0.6) is 5.75 Å². The second-order valence-corrected chi connectivity index (χ2v) is 3.56. The van der Waals surface area contributed by atoms with Gasteiger partial charge in [0.15, 0.2) is 5.78 Å². The molecule has 0 radical (unpaired) electrons. The van der Waals surface area contributed by atoms with Gasteiger partial charge in [0.1, 0.15) is 5.75 Å². The van der Waals surface area contributed by atoms with Gasteiger partial charge in [0.25, 0.3) is 0 Å². The highest BCUT2D eigenvalue weighted by molar-refractivity contribution is 6.02. The van der Waals surface area contributed by atoms with Gasteiger partial charge in [-0.25, -0.2) is 0 Å². The van der Waals surface area contributed by atoms with Gasteiger partial charge in [-0.3, -0.25) is 4.79 Å². The molecular formula is C11H14ClNO2. The molecule has 1 aliphatic rings. The highest BCUT2D eigenvalue weighted by Crippen LogP contribution is 2.27. The summed E-state index contributed by atoms with van der Waals surface area (Å²) in [7, 11) is 0. The molecule has 2 rings (SSSR count). The number of ketones is 1. The summed E-state index contributed by atoms with van der Waals surface area (Å²) < 4.78 is 5.52. The van der Waals surface area contributed by atoms with Crippen LogP contribution in [0.3, 0.4) is 0 Å². The van der Waals surface area contributed by atoms with E-state index in [0.717, 1.165) is 5.56 Å². The van der Waals surface area contributed by atoms with Gasteiger partial charge in [-0.15, -0.1) is 12.4 Å². The Bertz CT molecular complexity index is 379. The average Bonchev–Trinajstić information content (AvgIpc) is 2.31. The molecule has 2 N–H and O–H groups in total. The lowest BCUT2D eigenvalue weighted by Gasteiger charge is -2.08. The van der Waals surface area contributed by atoms with E-state index in [1.54, 1.807) is 6.07 Å². The molecule has 0 aliphatic carbocycles. The fourth-order valence-electron chi connectivity index (χ4n) is 1.66. The molecule has 15 heavy (non-hydrogen) atoms. The number of benzene rings is 1. The van der Waals surface area contributed by atoms with Crippen LogP contribution in [0.4, 0.5) is 0 Å². The van der Waals surface area contributed by atoms with Crippen molar-refractivity contribution in [2.24, 2.45) is 5.73 Å². The molecule has 82 valence electrons. The first-order valence-electron chi connectivity index (χ1n) is 4.72. The molecule has 1 aromatic carbocycles. The van der Waals surface area contributed by atoms with Crippen molar-refractivity contribution in [1.29, 1.82) is 0 Å². The number of ether oxygens (including phenoxy) is 1. The monoisotopic (exact) mass is 227 g/mol. The quantitative estimate of drug-likeness (QED) is 0.734. The summed E-state index contributed by atoms with van der Waals surface area (Å²) in [5.74, 6) is 0.687. The molecule has 1 aliphatic heterocycles. The van der Waals surface area contributed by atoms with E-state index in [-0.39, 0.29) is 18.2 Å². The van der Waals surface area contributed by atoms with Gasteiger partial charge in [-0.1, -0.05) is 12.1 Å². The number of para-hydroxylation sites is 1. The summed E-state index contributed by atoms with van der Waals surface area (Å²) >= 11 is 0. The topological polar surface area (TPSA) is 52.3 Å². The number of carbonyl (C=O) groups excluding carboxylic acids is 1. The van der Waals surface area contributed by atoms with E-state index < -0.39 is 6.04 Å². The second kappa shape index (κ2) is 4.64. The summed E-state index contributed by atoms with van der Waals surface area (Å²) in [6.07, 6.45) is 0.590. The van der Waals surface area contributed by atoms with Crippen LogP contribution in [0.1, 0.15) is 22.3 Å². The van der Waals surface area contributed by atoms with Crippen LogP contribution in [-0.4, -0.2) is 18.4 Å². The molecule has 0 spiro atoms. The van der Waals surface area contributed by atoms with Crippen LogP contribution < -0.4 is 10.5 Å². The largest absolute Gasteiger partial charge is 0.492 e. The number of nitrogens with two attached hydrogens (primary N) is 1. The van der Waals surface area contributed by atoms with Crippen molar-refractivity contribution in [3.8, 4) is 5.75 Å². The average molecular weight is 228 g/mol. The zero-order valence-corrected chi connectivity index (χ0v) is 9.34. The van der Waals surface area contributed by atoms with Gasteiger partial charge in [0.2, 0.25) is 0 Å². The van der Waals surface area contributed by atoms with Gasteiger partial charge >= 0.3 is 0 Å². The minimum absolute atomic E-state index is 0. The minimum atomic E-state index is -0.418. The standard InChI is InChI=1S/C11H13NO2.ClH/c1-7-3-2-4-8-10(13)9(12)5-6-14-11(7)8;/h2-4,9H,5-6,12H2,1H3;1H. The first kappa shape index (κ1) is 12.0. The second-order valence-electron chi connectivity index (χ2n) is 3.56. The molecule has 0 saturated heterocycles. The van der Waals surface area contributed by atoms with Gasteiger partial charge in [0, 0.05) is 6.42 Å². The van der Waals surface area contributed by atoms with Crippen molar-refractivity contribution in [3.05, 3.63) is 29.3 Å². The molecule has 3 nitrogen and oxygen atoms in total. The van der Waals surface area contributed by atoms with E-state index in [0.29, 0.717) is 24.3 Å². The highest BCUT2D eigenvalue weighted by Gasteiger charge is 2.23. The third-order valence-corrected chi connectivity index (χ3v) is 2.49. The van der Waals surface area contributed by atoms with Gasteiger partial charge < -0.3 is 10.5 Å². The summed E-state index contributed by atoms with van der Waals surface area (Å²) in [6, 6.07) is 5.14. The van der Waals surface area contributed by atoms with E-state index >= 15 is 0 Å². The molecular weight excluding hydrogens is 214 g/mol. The first-order chi connectivity index (χ1) is 6.70. The Morgan fingerprint density at radius 2 is 2.20 bits per heavy atom. The van der Waals surface area contributed by atoms with E-state index in [1.165, 1.54) is 0 Å². The number of Topliss-reactive ketones (excluding diaryl/α,β-unsaturated/α-hetero) is 1. The van der Waals surface area contributed by atoms with Crippen LogP contribution in [0.15, 0.2) is 18.2 Å². The third kappa shape index (κ3) is 2.13. The molecule has 1 atom stereocenters. The molecule has 0 amide bonds. The van der Waals surface area contributed by atoms with E-state index in [2.05, 4.69) is 0 Å². The van der Waals surface area contributed by atoms with E-state index in [1.807, 2.05) is 19.1 Å². The number of rotatable bonds is 0. The Morgan fingerprint density at radius 3 is 2.93 bits per heavy atom. The number of fused-ring (bicyclic) bond motifs is 1. The Morgan fingerprint density at radius 1 is 1.47 bits per heavy atom. The lowest BCUT2D eigenvalue weighted by molar-refractivity contribution is 0.0960. The van der Waals surface area contributed by atoms with Crippen molar-refractivity contribution in [2.75, 3.05) is 6.61 Å². The van der Waals surface area contributed by atoms with E-state index in [9.17, 15) is 4.79 Å². The van der Waals surface area contributed by atoms with Crippen LogP contribution in [0.2, 0.25) is 0 Å². The molecule has 1 unspecified atom stereocenters. The number of carbonyl (C=O) groups is 1. The van der Waals surface area contributed by atoms with Crippen LogP contribution >= 0.6 is 12.4 Å². The number of aryl methyl sites for hydroxylation is 1. The third-order valence-electron chi connectivity index (χ3n) is 2.49. The van der Waals surface area contributed by atoms with Gasteiger partial charge in [-0.2, -0.15) is 0 Å². The van der Waals surface area contributed by atoms with Crippen molar-refractivity contribution < 1.29 is 9.53 Å². The zero-order valence-electron chi connectivity index (χ0n) is 8.53. The first-order valence-corrected chi connectivity index (χ1v) is 4.72. The van der Waals surface area contributed by atoms with Gasteiger partial charge in [-0.05, 0) is 18.6 Å². The summed E-state index contributed by atoms with van der Waals surface area (Å²) in [6.45, 7) is 2.45. The number of hydrogen-bond acceptors (Lipinski definition) is 3. The lowest BCUT2D eigenvalue weighted by atomic mass is 10.0. The minimum Gasteiger partial charge on any atom is -0.492 e. The van der Waals surface area contributed by atoms with Crippen LogP contribution in [0, 0.1) is 6.92 Å². The fraction of sp³-hybridized carbons (Fsp3) is 0.364. The predicted molar refractivity (Wildman–Crippen MR) is 60.8 cm³/mol. The van der Waals surface area contributed by atoms with Crippen molar-refractivity contribution in [3.63, 3.8) is 0 Å². The normalized spacial score (nSPS) is 19.6. The summed E-state index contributed by atoms with van der Waals surface area (Å²) in [4.78, 5) is 11.8. The maximum Gasteiger partial charge on any atom is 0.183 e. The molecule has 1 aromatic rings. The molecule has 0 aromatic heterocycles. The maximum absolute atomic E-state index is 11.8. The Labute approximate surface area is 95.0 Å². The number of hydrogen-bond donors (Lipinski definition) is 1.